The fraction of sp³-hybridized carbons (Fsp3) is 0.150. The standard InChI is InChI=1S/C20H18N4O5S/c1-28-16-9-14(10-17(11-16)29-2)21-19(25)12-30-20-8-7-18(22-23-20)13-3-5-15(6-4-13)24(26)27/h3-11H,12H2,1-2H3,(H,21,25). The van der Waals surface area contributed by atoms with Gasteiger partial charge in [0.1, 0.15) is 16.5 Å². The molecule has 1 aromatic heterocycles. The monoisotopic (exact) mass is 426 g/mol. The van der Waals surface area contributed by atoms with Crippen LogP contribution in [0.4, 0.5) is 11.4 Å². The summed E-state index contributed by atoms with van der Waals surface area (Å²) in [6.45, 7) is 0. The third-order valence-corrected chi connectivity index (χ3v) is 4.92. The number of nitrogens with one attached hydrogen (secondary N) is 1. The minimum Gasteiger partial charge on any atom is -0.497 e. The molecule has 0 aliphatic rings. The highest BCUT2D eigenvalue weighted by atomic mass is 32.2. The molecule has 3 aromatic rings. The second-order valence-electron chi connectivity index (χ2n) is 6.00. The summed E-state index contributed by atoms with van der Waals surface area (Å²) in [7, 11) is 3.07. The van der Waals surface area contributed by atoms with E-state index in [1.54, 1.807) is 42.5 Å². The van der Waals surface area contributed by atoms with E-state index >= 15 is 0 Å². The van der Waals surface area contributed by atoms with Crippen LogP contribution in [0.25, 0.3) is 11.3 Å². The van der Waals surface area contributed by atoms with E-state index < -0.39 is 4.92 Å². The largest absolute Gasteiger partial charge is 0.497 e. The smallest absolute Gasteiger partial charge is 0.269 e. The predicted molar refractivity (Wildman–Crippen MR) is 113 cm³/mol. The molecule has 0 spiro atoms. The van der Waals surface area contributed by atoms with Crippen molar-refractivity contribution in [2.75, 3.05) is 25.3 Å². The first-order valence-electron chi connectivity index (χ1n) is 8.73. The number of anilines is 1. The van der Waals surface area contributed by atoms with Crippen molar-refractivity contribution in [3.05, 3.63) is 64.7 Å². The second-order valence-corrected chi connectivity index (χ2v) is 6.99. The lowest BCUT2D eigenvalue weighted by Gasteiger charge is -2.09. The molecule has 3 rings (SSSR count). The van der Waals surface area contributed by atoms with Gasteiger partial charge in [-0.05, 0) is 24.3 Å². The van der Waals surface area contributed by atoms with E-state index in [0.717, 1.165) is 5.56 Å². The predicted octanol–water partition coefficient (Wildman–Crippen LogP) is 3.80. The lowest BCUT2D eigenvalue weighted by molar-refractivity contribution is -0.384. The molecule has 0 saturated heterocycles. The number of nitro benzene ring substituents is 1. The molecule has 0 saturated carbocycles. The molecule has 0 atom stereocenters. The van der Waals surface area contributed by atoms with Crippen LogP contribution in [0.15, 0.2) is 59.6 Å². The van der Waals surface area contributed by atoms with Crippen molar-refractivity contribution < 1.29 is 19.2 Å². The van der Waals surface area contributed by atoms with E-state index in [-0.39, 0.29) is 17.3 Å². The number of nitro groups is 1. The number of carbonyl (C=O) groups is 1. The number of methoxy groups -OCH3 is 2. The number of ether oxygens (including phenoxy) is 2. The van der Waals surface area contributed by atoms with Gasteiger partial charge in [0.15, 0.2) is 0 Å². The molecule has 154 valence electrons. The number of amides is 1. The Morgan fingerprint density at radius 2 is 1.70 bits per heavy atom. The topological polar surface area (TPSA) is 116 Å². The Labute approximate surface area is 176 Å². The van der Waals surface area contributed by atoms with Crippen molar-refractivity contribution in [1.29, 1.82) is 0 Å². The normalized spacial score (nSPS) is 10.3. The first kappa shape index (κ1) is 21.1. The van der Waals surface area contributed by atoms with Gasteiger partial charge in [0, 0.05) is 41.6 Å². The molecule has 1 amide bonds. The lowest BCUT2D eigenvalue weighted by Crippen LogP contribution is -2.14. The summed E-state index contributed by atoms with van der Waals surface area (Å²) in [5.41, 5.74) is 1.88. The van der Waals surface area contributed by atoms with Gasteiger partial charge in [0.05, 0.1) is 30.6 Å². The summed E-state index contributed by atoms with van der Waals surface area (Å²) in [4.78, 5) is 22.5. The average molecular weight is 426 g/mol. The maximum atomic E-state index is 12.2. The Kier molecular flexibility index (Phi) is 6.81. The quantitative estimate of drug-likeness (QED) is 0.328. The van der Waals surface area contributed by atoms with Crippen LogP contribution in [-0.2, 0) is 4.79 Å². The fourth-order valence-electron chi connectivity index (χ4n) is 2.52. The van der Waals surface area contributed by atoms with Gasteiger partial charge in [-0.3, -0.25) is 14.9 Å². The van der Waals surface area contributed by atoms with Crippen molar-refractivity contribution >= 4 is 29.0 Å². The Morgan fingerprint density at radius 1 is 1.03 bits per heavy atom. The van der Waals surface area contributed by atoms with E-state index in [0.29, 0.717) is 27.9 Å². The average Bonchev–Trinajstić information content (AvgIpc) is 2.77. The van der Waals surface area contributed by atoms with E-state index in [9.17, 15) is 14.9 Å². The van der Waals surface area contributed by atoms with Gasteiger partial charge < -0.3 is 14.8 Å². The van der Waals surface area contributed by atoms with Gasteiger partial charge in [-0.25, -0.2) is 0 Å². The Bertz CT molecular complexity index is 1020. The summed E-state index contributed by atoms with van der Waals surface area (Å²) in [5.74, 6) is 1.08. The number of hydrogen-bond donors (Lipinski definition) is 1. The van der Waals surface area contributed by atoms with Crippen LogP contribution < -0.4 is 14.8 Å². The zero-order chi connectivity index (χ0) is 21.5. The molecule has 0 aliphatic carbocycles. The molecule has 2 aromatic carbocycles. The van der Waals surface area contributed by atoms with E-state index in [2.05, 4.69) is 15.5 Å². The lowest BCUT2D eigenvalue weighted by atomic mass is 10.1. The number of aromatic nitrogens is 2. The van der Waals surface area contributed by atoms with Crippen LogP contribution in [0.5, 0.6) is 11.5 Å². The zero-order valence-corrected chi connectivity index (χ0v) is 17.0. The number of hydrogen-bond acceptors (Lipinski definition) is 8. The van der Waals surface area contributed by atoms with E-state index in [1.165, 1.54) is 38.1 Å². The maximum absolute atomic E-state index is 12.2. The Morgan fingerprint density at radius 3 is 2.23 bits per heavy atom. The van der Waals surface area contributed by atoms with E-state index in [4.69, 9.17) is 9.47 Å². The number of benzene rings is 2. The van der Waals surface area contributed by atoms with Crippen molar-refractivity contribution in [1.82, 2.24) is 10.2 Å². The van der Waals surface area contributed by atoms with Crippen molar-refractivity contribution in [2.45, 2.75) is 5.03 Å². The van der Waals surface area contributed by atoms with Crippen LogP contribution in [-0.4, -0.2) is 41.0 Å². The van der Waals surface area contributed by atoms with Gasteiger partial charge >= 0.3 is 0 Å². The molecule has 1 N–H and O–H groups in total. The number of non-ortho nitro benzene ring substituents is 1. The van der Waals surface area contributed by atoms with Crippen LogP contribution >= 0.6 is 11.8 Å². The summed E-state index contributed by atoms with van der Waals surface area (Å²) < 4.78 is 10.4. The molecule has 30 heavy (non-hydrogen) atoms. The fourth-order valence-corrected chi connectivity index (χ4v) is 3.14. The summed E-state index contributed by atoms with van der Waals surface area (Å²) in [6, 6.07) is 14.7. The zero-order valence-electron chi connectivity index (χ0n) is 16.2. The minimum absolute atomic E-state index is 0.0125. The summed E-state index contributed by atoms with van der Waals surface area (Å²) >= 11 is 1.24. The molecule has 10 heteroatoms. The molecule has 0 radical (unpaired) electrons. The first-order valence-corrected chi connectivity index (χ1v) is 9.71. The third-order valence-electron chi connectivity index (χ3n) is 4.00. The van der Waals surface area contributed by atoms with Gasteiger partial charge in [-0.15, -0.1) is 10.2 Å². The third kappa shape index (κ3) is 5.45. The van der Waals surface area contributed by atoms with Gasteiger partial charge in [-0.2, -0.15) is 0 Å². The Balaban J connectivity index is 1.58. The summed E-state index contributed by atoms with van der Waals surface area (Å²) in [5, 5.41) is 22.3. The number of nitrogens with zero attached hydrogens (tertiary/aromatic N) is 3. The van der Waals surface area contributed by atoms with Crippen molar-refractivity contribution in [3.8, 4) is 22.8 Å². The molecule has 0 bridgehead atoms. The van der Waals surface area contributed by atoms with Crippen LogP contribution in [0.1, 0.15) is 0 Å². The highest BCUT2D eigenvalue weighted by Gasteiger charge is 2.09. The molecular weight excluding hydrogens is 408 g/mol. The second kappa shape index (κ2) is 9.70. The molecular formula is C20H18N4O5S. The van der Waals surface area contributed by atoms with Gasteiger partial charge in [-0.1, -0.05) is 11.8 Å². The number of thioether (sulfide) groups is 1. The SMILES string of the molecule is COc1cc(NC(=O)CSc2ccc(-c3ccc([N+](=O)[O-])cc3)nn2)cc(OC)c1. The highest BCUT2D eigenvalue weighted by molar-refractivity contribution is 7.99. The highest BCUT2D eigenvalue weighted by Crippen LogP contribution is 2.26. The van der Waals surface area contributed by atoms with Crippen LogP contribution in [0.2, 0.25) is 0 Å². The Hall–Kier alpha value is -3.66. The first-order chi connectivity index (χ1) is 14.5. The van der Waals surface area contributed by atoms with E-state index in [1.807, 2.05) is 0 Å². The van der Waals surface area contributed by atoms with Crippen molar-refractivity contribution in [3.63, 3.8) is 0 Å². The maximum Gasteiger partial charge on any atom is 0.269 e. The molecule has 0 aliphatic heterocycles. The molecule has 1 heterocycles. The molecule has 9 nitrogen and oxygen atoms in total. The molecule has 0 fully saturated rings. The minimum atomic E-state index is -0.456. The molecule has 0 unspecified atom stereocenters. The van der Waals surface area contributed by atoms with Gasteiger partial charge in [0.2, 0.25) is 5.91 Å². The number of rotatable bonds is 8. The van der Waals surface area contributed by atoms with Crippen LogP contribution in [0.3, 0.4) is 0 Å². The van der Waals surface area contributed by atoms with Crippen molar-refractivity contribution in [2.24, 2.45) is 0 Å². The van der Waals surface area contributed by atoms with Gasteiger partial charge in [0.25, 0.3) is 5.69 Å². The number of carbonyl (C=O) groups excluding carboxylic acids is 1. The van der Waals surface area contributed by atoms with Crippen LogP contribution in [0, 0.1) is 10.1 Å². The summed E-state index contributed by atoms with van der Waals surface area (Å²) in [6.07, 6.45) is 0.